The minimum absolute atomic E-state index is 0.0157. The van der Waals surface area contributed by atoms with E-state index in [1.807, 2.05) is 0 Å². The summed E-state index contributed by atoms with van der Waals surface area (Å²) in [5.74, 6) is -1.41. The van der Waals surface area contributed by atoms with E-state index in [1.54, 1.807) is 6.07 Å². The highest BCUT2D eigenvalue weighted by Crippen LogP contribution is 2.11. The summed E-state index contributed by atoms with van der Waals surface area (Å²) in [6, 6.07) is 11.4. The Bertz CT molecular complexity index is 880. The highest BCUT2D eigenvalue weighted by Gasteiger charge is 2.13. The second-order valence-corrected chi connectivity index (χ2v) is 6.93. The van der Waals surface area contributed by atoms with Crippen LogP contribution in [0.25, 0.3) is 0 Å². The Balaban J connectivity index is 1.83. The number of Topliss-reactive ketones (excluding diaryl/α,β-unsaturated/α-hetero) is 1. The van der Waals surface area contributed by atoms with Gasteiger partial charge in [0.05, 0.1) is 10.5 Å². The number of ketones is 1. The smallest absolute Gasteiger partial charge is 0.238 e. The first-order valence-electron chi connectivity index (χ1n) is 7.43. The lowest BCUT2D eigenvalue weighted by Crippen LogP contribution is -2.23. The number of hydrogen-bond acceptors (Lipinski definition) is 4. The molecule has 2 aromatic rings. The van der Waals surface area contributed by atoms with Gasteiger partial charge in [0.2, 0.25) is 15.9 Å². The van der Waals surface area contributed by atoms with E-state index in [0.29, 0.717) is 5.56 Å². The highest BCUT2D eigenvalue weighted by molar-refractivity contribution is 7.89. The zero-order chi connectivity index (χ0) is 18.4. The van der Waals surface area contributed by atoms with Gasteiger partial charge in [0.1, 0.15) is 5.82 Å². The van der Waals surface area contributed by atoms with Gasteiger partial charge in [0.25, 0.3) is 0 Å². The number of nitrogens with one attached hydrogen (secondary N) is 1. The molecule has 0 aliphatic rings. The number of sulfonamides is 1. The fraction of sp³-hybridized carbons (Fsp3) is 0.176. The van der Waals surface area contributed by atoms with Gasteiger partial charge < -0.3 is 5.32 Å². The third-order valence-electron chi connectivity index (χ3n) is 3.49. The summed E-state index contributed by atoms with van der Waals surface area (Å²) < 4.78 is 35.8. The first-order chi connectivity index (χ1) is 11.8. The molecule has 8 heteroatoms. The van der Waals surface area contributed by atoms with Crippen LogP contribution in [0.5, 0.6) is 0 Å². The van der Waals surface area contributed by atoms with Crippen molar-refractivity contribution in [3.63, 3.8) is 0 Å². The maximum Gasteiger partial charge on any atom is 0.238 e. The van der Waals surface area contributed by atoms with Crippen LogP contribution in [0.1, 0.15) is 28.8 Å². The monoisotopic (exact) mass is 364 g/mol. The van der Waals surface area contributed by atoms with E-state index >= 15 is 0 Å². The Kier molecular flexibility index (Phi) is 6.00. The number of primary sulfonamides is 1. The van der Waals surface area contributed by atoms with Crippen molar-refractivity contribution in [2.24, 2.45) is 5.14 Å². The van der Waals surface area contributed by atoms with Gasteiger partial charge in [-0.15, -0.1) is 0 Å². The van der Waals surface area contributed by atoms with Gasteiger partial charge in [0, 0.05) is 19.4 Å². The largest absolute Gasteiger partial charge is 0.352 e. The number of nitrogens with two attached hydrogens (primary N) is 1. The van der Waals surface area contributed by atoms with Gasteiger partial charge in [-0.3, -0.25) is 9.59 Å². The number of amides is 1. The van der Waals surface area contributed by atoms with Crippen molar-refractivity contribution < 1.29 is 22.4 Å². The van der Waals surface area contributed by atoms with Gasteiger partial charge in [-0.25, -0.2) is 17.9 Å². The Hall–Kier alpha value is -2.58. The van der Waals surface area contributed by atoms with Crippen molar-refractivity contribution in [2.75, 3.05) is 0 Å². The number of halogens is 1. The normalized spacial score (nSPS) is 11.1. The molecule has 0 heterocycles. The van der Waals surface area contributed by atoms with E-state index < -0.39 is 21.6 Å². The molecule has 25 heavy (non-hydrogen) atoms. The predicted octanol–water partition coefficient (Wildman–Crippen LogP) is 1.75. The zero-order valence-electron chi connectivity index (χ0n) is 13.2. The van der Waals surface area contributed by atoms with Gasteiger partial charge in [-0.2, -0.15) is 0 Å². The van der Waals surface area contributed by atoms with Crippen molar-refractivity contribution in [2.45, 2.75) is 24.3 Å². The molecule has 0 fully saturated rings. The van der Waals surface area contributed by atoms with E-state index in [1.165, 1.54) is 42.5 Å². The predicted molar refractivity (Wildman–Crippen MR) is 89.6 cm³/mol. The van der Waals surface area contributed by atoms with Crippen LogP contribution in [-0.2, 0) is 21.4 Å². The van der Waals surface area contributed by atoms with Crippen molar-refractivity contribution in [3.8, 4) is 0 Å². The molecule has 0 aliphatic heterocycles. The van der Waals surface area contributed by atoms with Crippen LogP contribution in [-0.4, -0.2) is 20.1 Å². The molecular weight excluding hydrogens is 347 g/mol. The summed E-state index contributed by atoms with van der Waals surface area (Å²) in [6.07, 6.45) is -0.167. The number of rotatable bonds is 7. The number of carbonyl (C=O) groups excluding carboxylic acids is 2. The maximum absolute atomic E-state index is 13.5. The lowest BCUT2D eigenvalue weighted by molar-refractivity contribution is -0.121. The average molecular weight is 364 g/mol. The van der Waals surface area contributed by atoms with Crippen LogP contribution in [0.2, 0.25) is 0 Å². The van der Waals surface area contributed by atoms with Crippen molar-refractivity contribution in [1.82, 2.24) is 5.32 Å². The summed E-state index contributed by atoms with van der Waals surface area (Å²) >= 11 is 0. The molecule has 6 nitrogen and oxygen atoms in total. The van der Waals surface area contributed by atoms with Crippen LogP contribution in [0, 0.1) is 5.82 Å². The molecule has 0 atom stereocenters. The number of benzene rings is 2. The number of hydrogen-bond donors (Lipinski definition) is 2. The molecule has 0 saturated heterocycles. The summed E-state index contributed by atoms with van der Waals surface area (Å²) in [6.45, 7) is 0.178. The second kappa shape index (κ2) is 8.00. The fourth-order valence-electron chi connectivity index (χ4n) is 2.14. The molecular formula is C17H17FN2O4S. The molecule has 3 N–H and O–H groups in total. The van der Waals surface area contributed by atoms with Crippen LogP contribution in [0.15, 0.2) is 53.4 Å². The molecule has 132 valence electrons. The fourth-order valence-corrected chi connectivity index (χ4v) is 2.65. The van der Waals surface area contributed by atoms with Crippen molar-refractivity contribution in [3.05, 3.63) is 65.5 Å². The molecule has 0 unspecified atom stereocenters. The molecule has 0 aromatic heterocycles. The topological polar surface area (TPSA) is 106 Å². The van der Waals surface area contributed by atoms with E-state index in [9.17, 15) is 22.4 Å². The SMILES string of the molecule is NS(=O)(=O)c1ccc(CNC(=O)CCC(=O)c2ccccc2F)cc1. The third-order valence-corrected chi connectivity index (χ3v) is 4.42. The van der Waals surface area contributed by atoms with Crippen LogP contribution in [0.3, 0.4) is 0 Å². The molecule has 0 bridgehead atoms. The molecule has 2 aromatic carbocycles. The minimum Gasteiger partial charge on any atom is -0.352 e. The Morgan fingerprint density at radius 2 is 1.64 bits per heavy atom. The van der Waals surface area contributed by atoms with Crippen molar-refractivity contribution >= 4 is 21.7 Å². The summed E-state index contributed by atoms with van der Waals surface area (Å²) in [7, 11) is -3.75. The van der Waals surface area contributed by atoms with E-state index in [0.717, 1.165) is 0 Å². The maximum atomic E-state index is 13.5. The third kappa shape index (κ3) is 5.47. The standard InChI is InChI=1S/C17H17FN2O4S/c18-15-4-2-1-3-14(15)16(21)9-10-17(22)20-11-12-5-7-13(8-6-12)25(19,23)24/h1-8H,9-11H2,(H,20,22)(H2,19,23,24). The Morgan fingerprint density at radius 3 is 2.24 bits per heavy atom. The van der Waals surface area contributed by atoms with E-state index in [2.05, 4.69) is 5.32 Å². The summed E-state index contributed by atoms with van der Waals surface area (Å²) in [4.78, 5) is 23.7. The summed E-state index contributed by atoms with van der Waals surface area (Å²) in [5.41, 5.74) is 0.648. The lowest BCUT2D eigenvalue weighted by atomic mass is 10.1. The molecule has 1 amide bonds. The van der Waals surface area contributed by atoms with Gasteiger partial charge >= 0.3 is 0 Å². The quantitative estimate of drug-likeness (QED) is 0.730. The van der Waals surface area contributed by atoms with Gasteiger partial charge in [-0.05, 0) is 29.8 Å². The molecule has 0 radical (unpaired) electrons. The van der Waals surface area contributed by atoms with Crippen LogP contribution in [0.4, 0.5) is 4.39 Å². The zero-order valence-corrected chi connectivity index (χ0v) is 14.1. The minimum atomic E-state index is -3.75. The second-order valence-electron chi connectivity index (χ2n) is 5.37. The number of carbonyl (C=O) groups is 2. The van der Waals surface area contributed by atoms with E-state index in [4.69, 9.17) is 5.14 Å². The molecule has 0 saturated carbocycles. The molecule has 0 spiro atoms. The summed E-state index contributed by atoms with van der Waals surface area (Å²) in [5, 5.41) is 7.61. The first kappa shape index (κ1) is 18.8. The first-order valence-corrected chi connectivity index (χ1v) is 8.98. The average Bonchev–Trinajstić information content (AvgIpc) is 2.58. The molecule has 2 rings (SSSR count). The highest BCUT2D eigenvalue weighted by atomic mass is 32.2. The molecule has 0 aliphatic carbocycles. The van der Waals surface area contributed by atoms with Crippen molar-refractivity contribution in [1.29, 1.82) is 0 Å². The Labute approximate surface area is 144 Å². The van der Waals surface area contributed by atoms with Gasteiger partial charge in [-0.1, -0.05) is 24.3 Å². The lowest BCUT2D eigenvalue weighted by Gasteiger charge is -2.06. The van der Waals surface area contributed by atoms with Gasteiger partial charge in [0.15, 0.2) is 5.78 Å². The van der Waals surface area contributed by atoms with E-state index in [-0.39, 0.29) is 35.8 Å². The van der Waals surface area contributed by atoms with Crippen LogP contribution < -0.4 is 10.5 Å². The Morgan fingerprint density at radius 1 is 1.00 bits per heavy atom. The van der Waals surface area contributed by atoms with Crippen LogP contribution >= 0.6 is 0 Å².